The number of H-pyrrole nitrogens is 1. The number of nitrogens with zero attached hydrogens (tertiary/aromatic N) is 1. The van der Waals surface area contributed by atoms with Crippen molar-refractivity contribution in [3.05, 3.63) is 76.5 Å². The van der Waals surface area contributed by atoms with E-state index in [1.165, 1.54) is 0 Å². The van der Waals surface area contributed by atoms with Crippen LogP contribution in [-0.4, -0.2) is 15.9 Å². The molecule has 2 aromatic heterocycles. The lowest BCUT2D eigenvalue weighted by Crippen LogP contribution is -2.27. The second-order valence-corrected chi connectivity index (χ2v) is 6.51. The molecule has 136 valence electrons. The van der Waals surface area contributed by atoms with Crippen LogP contribution in [0.15, 0.2) is 63.8 Å². The Kier molecular flexibility index (Phi) is 4.46. The van der Waals surface area contributed by atoms with Gasteiger partial charge in [0, 0.05) is 18.2 Å². The SMILES string of the molecule is C[C@H](NC(=O)CCc1nc2ccccc2c(=O)[nH]1)c1cc2ccccc2o1. The highest BCUT2D eigenvalue weighted by atomic mass is 16.3. The molecule has 2 N–H and O–H groups in total. The summed E-state index contributed by atoms with van der Waals surface area (Å²) in [6, 6.07) is 16.6. The summed E-state index contributed by atoms with van der Waals surface area (Å²) in [7, 11) is 0. The molecule has 2 aromatic carbocycles. The maximum atomic E-state index is 12.3. The molecule has 27 heavy (non-hydrogen) atoms. The van der Waals surface area contributed by atoms with Crippen LogP contribution in [0.25, 0.3) is 21.9 Å². The molecular weight excluding hydrogens is 342 g/mol. The topological polar surface area (TPSA) is 88.0 Å². The van der Waals surface area contributed by atoms with Gasteiger partial charge in [0.15, 0.2) is 0 Å². The number of hydrogen-bond donors (Lipinski definition) is 2. The molecule has 0 radical (unpaired) electrons. The van der Waals surface area contributed by atoms with Gasteiger partial charge in [0.2, 0.25) is 5.91 Å². The predicted molar refractivity (Wildman–Crippen MR) is 103 cm³/mol. The van der Waals surface area contributed by atoms with Crippen molar-refractivity contribution < 1.29 is 9.21 Å². The average Bonchev–Trinajstić information content (AvgIpc) is 3.11. The van der Waals surface area contributed by atoms with Crippen LogP contribution in [0.2, 0.25) is 0 Å². The van der Waals surface area contributed by atoms with E-state index in [1.807, 2.05) is 43.3 Å². The van der Waals surface area contributed by atoms with Gasteiger partial charge in [-0.2, -0.15) is 0 Å². The normalized spacial score (nSPS) is 12.3. The quantitative estimate of drug-likeness (QED) is 0.570. The van der Waals surface area contributed by atoms with E-state index in [0.29, 0.717) is 28.9 Å². The van der Waals surface area contributed by atoms with Crippen LogP contribution in [0.3, 0.4) is 0 Å². The molecule has 4 rings (SSSR count). The fourth-order valence-electron chi connectivity index (χ4n) is 3.09. The third-order valence-electron chi connectivity index (χ3n) is 4.50. The summed E-state index contributed by atoms with van der Waals surface area (Å²) in [6.45, 7) is 1.88. The number of carbonyl (C=O) groups is 1. The van der Waals surface area contributed by atoms with Crippen molar-refractivity contribution in [2.75, 3.05) is 0 Å². The summed E-state index contributed by atoms with van der Waals surface area (Å²) in [5.41, 5.74) is 1.24. The number of furan rings is 1. The van der Waals surface area contributed by atoms with E-state index in [1.54, 1.807) is 18.2 Å². The summed E-state index contributed by atoms with van der Waals surface area (Å²) in [5, 5.41) is 4.48. The minimum atomic E-state index is -0.242. The zero-order chi connectivity index (χ0) is 18.8. The van der Waals surface area contributed by atoms with Crippen LogP contribution in [0.5, 0.6) is 0 Å². The maximum absolute atomic E-state index is 12.3. The number of amides is 1. The van der Waals surface area contributed by atoms with E-state index in [9.17, 15) is 9.59 Å². The smallest absolute Gasteiger partial charge is 0.258 e. The Bertz CT molecular complexity index is 1140. The third-order valence-corrected chi connectivity index (χ3v) is 4.50. The minimum absolute atomic E-state index is 0.126. The first-order valence-corrected chi connectivity index (χ1v) is 8.86. The molecule has 6 heteroatoms. The second kappa shape index (κ2) is 7.07. The van der Waals surface area contributed by atoms with Crippen LogP contribution >= 0.6 is 0 Å². The number of para-hydroxylation sites is 2. The minimum Gasteiger partial charge on any atom is -0.459 e. The third kappa shape index (κ3) is 3.60. The molecule has 0 unspecified atom stereocenters. The zero-order valence-electron chi connectivity index (χ0n) is 14.9. The van der Waals surface area contributed by atoms with Gasteiger partial charge in [-0.1, -0.05) is 30.3 Å². The first-order chi connectivity index (χ1) is 13.1. The number of aromatic nitrogens is 2. The molecule has 0 bridgehead atoms. The molecule has 0 aliphatic rings. The molecule has 0 aliphatic carbocycles. The molecule has 1 amide bonds. The molecule has 0 fully saturated rings. The van der Waals surface area contributed by atoms with Gasteiger partial charge in [-0.15, -0.1) is 0 Å². The lowest BCUT2D eigenvalue weighted by molar-refractivity contribution is -0.121. The molecule has 0 saturated carbocycles. The summed E-state index contributed by atoms with van der Waals surface area (Å²) in [6.07, 6.45) is 0.588. The summed E-state index contributed by atoms with van der Waals surface area (Å²) < 4.78 is 5.78. The number of nitrogens with one attached hydrogen (secondary N) is 2. The second-order valence-electron chi connectivity index (χ2n) is 6.51. The average molecular weight is 361 g/mol. The highest BCUT2D eigenvalue weighted by molar-refractivity contribution is 5.79. The van der Waals surface area contributed by atoms with Crippen molar-refractivity contribution in [1.29, 1.82) is 0 Å². The van der Waals surface area contributed by atoms with Crippen molar-refractivity contribution in [1.82, 2.24) is 15.3 Å². The number of rotatable bonds is 5. The summed E-state index contributed by atoms with van der Waals surface area (Å²) in [5.74, 6) is 1.09. The van der Waals surface area contributed by atoms with Crippen molar-refractivity contribution in [3.8, 4) is 0 Å². The maximum Gasteiger partial charge on any atom is 0.258 e. The first kappa shape index (κ1) is 17.0. The highest BCUT2D eigenvalue weighted by Gasteiger charge is 2.14. The Balaban J connectivity index is 1.41. The van der Waals surface area contributed by atoms with Gasteiger partial charge in [-0.25, -0.2) is 4.98 Å². The van der Waals surface area contributed by atoms with Gasteiger partial charge in [0.25, 0.3) is 5.56 Å². The van der Waals surface area contributed by atoms with Crippen LogP contribution in [0.4, 0.5) is 0 Å². The molecule has 6 nitrogen and oxygen atoms in total. The van der Waals surface area contributed by atoms with E-state index < -0.39 is 0 Å². The van der Waals surface area contributed by atoms with Crippen molar-refractivity contribution >= 4 is 27.8 Å². The molecule has 0 spiro atoms. The van der Waals surface area contributed by atoms with Gasteiger partial charge >= 0.3 is 0 Å². The number of benzene rings is 2. The van der Waals surface area contributed by atoms with E-state index >= 15 is 0 Å². The fourth-order valence-corrected chi connectivity index (χ4v) is 3.09. The van der Waals surface area contributed by atoms with E-state index in [2.05, 4.69) is 15.3 Å². The van der Waals surface area contributed by atoms with Crippen molar-refractivity contribution in [2.45, 2.75) is 25.8 Å². The number of hydrogen-bond acceptors (Lipinski definition) is 4. The number of fused-ring (bicyclic) bond motifs is 2. The van der Waals surface area contributed by atoms with Crippen LogP contribution in [0.1, 0.15) is 31.0 Å². The molecule has 2 heterocycles. The number of aromatic amines is 1. The highest BCUT2D eigenvalue weighted by Crippen LogP contribution is 2.23. The van der Waals surface area contributed by atoms with Crippen LogP contribution < -0.4 is 10.9 Å². The lowest BCUT2D eigenvalue weighted by Gasteiger charge is -2.11. The fraction of sp³-hybridized carbons (Fsp3) is 0.190. The van der Waals surface area contributed by atoms with Gasteiger partial charge in [-0.3, -0.25) is 9.59 Å². The number of carbonyl (C=O) groups excluding carboxylic acids is 1. The van der Waals surface area contributed by atoms with Crippen molar-refractivity contribution in [3.63, 3.8) is 0 Å². The zero-order valence-corrected chi connectivity index (χ0v) is 14.9. The predicted octanol–water partition coefficient (Wildman–Crippen LogP) is 3.48. The van der Waals surface area contributed by atoms with Crippen LogP contribution in [-0.2, 0) is 11.2 Å². The molecule has 1 atom stereocenters. The first-order valence-electron chi connectivity index (χ1n) is 8.86. The van der Waals surface area contributed by atoms with Crippen LogP contribution in [0, 0.1) is 0 Å². The van der Waals surface area contributed by atoms with Gasteiger partial charge in [-0.05, 0) is 31.2 Å². The molecule has 0 aliphatic heterocycles. The Labute approximate surface area is 155 Å². The van der Waals surface area contributed by atoms with E-state index in [-0.39, 0.29) is 23.9 Å². The van der Waals surface area contributed by atoms with E-state index in [0.717, 1.165) is 11.0 Å². The molecular formula is C21H19N3O3. The van der Waals surface area contributed by atoms with Gasteiger partial charge in [0.05, 0.1) is 16.9 Å². The standard InChI is InChI=1S/C21H19N3O3/c1-13(18-12-14-6-2-5-9-17(14)27-18)22-20(25)11-10-19-23-16-8-4-3-7-15(16)21(26)24-19/h2-9,12-13H,10-11H2,1H3,(H,22,25)(H,23,24,26)/t13-/m0/s1. The molecule has 4 aromatic rings. The Morgan fingerprint density at radius 2 is 1.96 bits per heavy atom. The Morgan fingerprint density at radius 1 is 1.19 bits per heavy atom. The molecule has 0 saturated heterocycles. The monoisotopic (exact) mass is 361 g/mol. The Hall–Kier alpha value is -3.41. The summed E-state index contributed by atoms with van der Waals surface area (Å²) in [4.78, 5) is 31.5. The van der Waals surface area contributed by atoms with Gasteiger partial charge in [0.1, 0.15) is 17.2 Å². The number of aryl methyl sites for hydroxylation is 1. The lowest BCUT2D eigenvalue weighted by atomic mass is 10.2. The Morgan fingerprint density at radius 3 is 2.81 bits per heavy atom. The van der Waals surface area contributed by atoms with Crippen molar-refractivity contribution in [2.24, 2.45) is 0 Å². The largest absolute Gasteiger partial charge is 0.459 e. The van der Waals surface area contributed by atoms with Gasteiger partial charge < -0.3 is 14.7 Å². The van der Waals surface area contributed by atoms with E-state index in [4.69, 9.17) is 4.42 Å². The summed E-state index contributed by atoms with van der Waals surface area (Å²) >= 11 is 0.